The molecule has 4 rings (SSSR count). The van der Waals surface area contributed by atoms with Crippen LogP contribution in [0.2, 0.25) is 5.04 Å². The third kappa shape index (κ3) is 5.92. The number of ether oxygens (including phenoxy) is 3. The maximum Gasteiger partial charge on any atom is 0.330 e. The topological polar surface area (TPSA) is 112 Å². The van der Waals surface area contributed by atoms with Gasteiger partial charge in [0.25, 0.3) is 13.9 Å². The van der Waals surface area contributed by atoms with E-state index in [0.29, 0.717) is 12.2 Å². The van der Waals surface area contributed by atoms with Gasteiger partial charge in [0, 0.05) is 18.9 Å². The summed E-state index contributed by atoms with van der Waals surface area (Å²) in [6, 6.07) is 20.4. The average Bonchev–Trinajstić information content (AvgIpc) is 3.21. The van der Waals surface area contributed by atoms with Crippen LogP contribution in [0.5, 0.6) is 0 Å². The van der Waals surface area contributed by atoms with Gasteiger partial charge in [-0.1, -0.05) is 81.4 Å². The fourth-order valence-corrected chi connectivity index (χ4v) is 10.1. The van der Waals surface area contributed by atoms with Crippen molar-refractivity contribution in [2.24, 2.45) is 0 Å². The van der Waals surface area contributed by atoms with Gasteiger partial charge in [-0.15, -0.1) is 0 Å². The number of H-pyrrole nitrogens is 1. The van der Waals surface area contributed by atoms with Gasteiger partial charge in [0.1, 0.15) is 18.3 Å². The number of aliphatic hydroxyl groups excluding tert-OH is 1. The first-order valence-corrected chi connectivity index (χ1v) is 15.5. The zero-order valence-electron chi connectivity index (χ0n) is 24.0. The van der Waals surface area contributed by atoms with Gasteiger partial charge in [0.2, 0.25) is 0 Å². The predicted molar refractivity (Wildman–Crippen MR) is 156 cm³/mol. The number of nitrogens with zero attached hydrogens (tertiary/aromatic N) is 1. The quantitative estimate of drug-likeness (QED) is 0.360. The fraction of sp³-hybridized carbons (Fsp3) is 0.467. The number of aromatic nitrogens is 2. The van der Waals surface area contributed by atoms with Crippen molar-refractivity contribution in [3.8, 4) is 0 Å². The summed E-state index contributed by atoms with van der Waals surface area (Å²) >= 11 is 0. The normalized spacial score (nSPS) is 22.4. The monoisotopic (exact) mass is 568 g/mol. The lowest BCUT2D eigenvalue weighted by Crippen LogP contribution is -2.67. The van der Waals surface area contributed by atoms with Crippen LogP contribution in [0.25, 0.3) is 0 Å². The summed E-state index contributed by atoms with van der Waals surface area (Å²) in [6.07, 6.45) is -2.74. The fourth-order valence-electron chi connectivity index (χ4n) is 5.51. The van der Waals surface area contributed by atoms with Crippen LogP contribution in [0.1, 0.15) is 39.5 Å². The average molecular weight is 569 g/mol. The van der Waals surface area contributed by atoms with Crippen LogP contribution in [-0.4, -0.2) is 67.7 Å². The van der Waals surface area contributed by atoms with Gasteiger partial charge in [-0.2, -0.15) is 0 Å². The highest BCUT2D eigenvalue weighted by atomic mass is 28.4. The second kappa shape index (κ2) is 12.3. The number of aliphatic hydroxyl groups is 1. The number of rotatable bonds is 10. The van der Waals surface area contributed by atoms with Crippen LogP contribution >= 0.6 is 0 Å². The molecule has 216 valence electrons. The maximum absolute atomic E-state index is 12.8. The van der Waals surface area contributed by atoms with Crippen molar-refractivity contribution in [2.75, 3.05) is 20.3 Å². The summed E-state index contributed by atoms with van der Waals surface area (Å²) in [7, 11) is -1.34. The van der Waals surface area contributed by atoms with Crippen molar-refractivity contribution in [2.45, 2.75) is 70.3 Å². The van der Waals surface area contributed by atoms with E-state index in [4.69, 9.17) is 18.6 Å². The number of aromatic amines is 1. The van der Waals surface area contributed by atoms with Gasteiger partial charge in [-0.25, -0.2) is 4.79 Å². The Labute approximate surface area is 235 Å². The smallest absolute Gasteiger partial charge is 0.330 e. The van der Waals surface area contributed by atoms with E-state index in [9.17, 15) is 14.7 Å². The molecule has 0 radical (unpaired) electrons. The molecule has 1 aromatic heterocycles. The molecule has 1 saturated heterocycles. The van der Waals surface area contributed by atoms with Crippen LogP contribution in [-0.2, 0) is 18.6 Å². The Hall–Kier alpha value is -2.86. The molecule has 5 atom stereocenters. The minimum absolute atomic E-state index is 0.0700. The van der Waals surface area contributed by atoms with Gasteiger partial charge in [0.05, 0.1) is 19.3 Å². The summed E-state index contributed by atoms with van der Waals surface area (Å²) in [6.45, 7) is 10.3. The van der Waals surface area contributed by atoms with E-state index in [-0.39, 0.29) is 17.7 Å². The molecule has 1 fully saturated rings. The molecule has 2 heterocycles. The van der Waals surface area contributed by atoms with Crippen molar-refractivity contribution < 1.29 is 23.7 Å². The lowest BCUT2D eigenvalue weighted by atomic mass is 10.1. The largest absolute Gasteiger partial charge is 0.405 e. The third-order valence-corrected chi connectivity index (χ3v) is 12.4. The molecule has 0 saturated carbocycles. The Bertz CT molecular complexity index is 1330. The van der Waals surface area contributed by atoms with E-state index in [1.807, 2.05) is 43.3 Å². The van der Waals surface area contributed by atoms with Crippen molar-refractivity contribution in [1.82, 2.24) is 9.55 Å². The Kier molecular flexibility index (Phi) is 9.28. The molecule has 0 aliphatic carbocycles. The second-order valence-corrected chi connectivity index (χ2v) is 15.7. The second-order valence-electron chi connectivity index (χ2n) is 11.4. The number of nitrogens with one attached hydrogen (secondary N) is 1. The van der Waals surface area contributed by atoms with Crippen molar-refractivity contribution in [3.63, 3.8) is 0 Å². The van der Waals surface area contributed by atoms with E-state index < -0.39 is 44.1 Å². The highest BCUT2D eigenvalue weighted by Crippen LogP contribution is 2.38. The molecule has 3 unspecified atom stereocenters. The van der Waals surface area contributed by atoms with E-state index in [1.54, 1.807) is 14.0 Å². The molecule has 1 aliphatic rings. The minimum Gasteiger partial charge on any atom is -0.405 e. The number of hydrogen-bond acceptors (Lipinski definition) is 7. The first-order chi connectivity index (χ1) is 19.0. The molecular weight excluding hydrogens is 528 g/mol. The lowest BCUT2D eigenvalue weighted by Gasteiger charge is -2.43. The molecule has 2 aromatic carbocycles. The van der Waals surface area contributed by atoms with Gasteiger partial charge < -0.3 is 23.7 Å². The molecular formula is C30H40N2O7Si. The summed E-state index contributed by atoms with van der Waals surface area (Å²) in [5, 5.41) is 13.4. The maximum atomic E-state index is 12.8. The Morgan fingerprint density at radius 3 is 2.15 bits per heavy atom. The summed E-state index contributed by atoms with van der Waals surface area (Å²) < 4.78 is 26.0. The molecule has 0 bridgehead atoms. The molecule has 3 aromatic rings. The summed E-state index contributed by atoms with van der Waals surface area (Å²) in [5.41, 5.74) is -0.778. The highest BCUT2D eigenvalue weighted by Gasteiger charge is 2.53. The first-order valence-electron chi connectivity index (χ1n) is 13.5. The zero-order chi connectivity index (χ0) is 29.1. The van der Waals surface area contributed by atoms with Crippen LogP contribution < -0.4 is 21.6 Å². The molecule has 2 N–H and O–H groups in total. The van der Waals surface area contributed by atoms with Crippen molar-refractivity contribution in [1.29, 1.82) is 0 Å². The number of aryl methyl sites for hydroxylation is 1. The van der Waals surface area contributed by atoms with E-state index in [0.717, 1.165) is 10.4 Å². The highest BCUT2D eigenvalue weighted by molar-refractivity contribution is 6.99. The van der Waals surface area contributed by atoms with Crippen LogP contribution in [0.4, 0.5) is 0 Å². The zero-order valence-corrected chi connectivity index (χ0v) is 25.0. The van der Waals surface area contributed by atoms with Gasteiger partial charge in [-0.3, -0.25) is 14.3 Å². The number of benzene rings is 2. The predicted octanol–water partition coefficient (Wildman–Crippen LogP) is 2.10. The third-order valence-electron chi connectivity index (χ3n) is 7.40. The number of hydrogen-bond donors (Lipinski definition) is 2. The Morgan fingerprint density at radius 1 is 1.05 bits per heavy atom. The van der Waals surface area contributed by atoms with E-state index in [1.165, 1.54) is 10.8 Å². The Balaban J connectivity index is 1.72. The number of methoxy groups -OCH3 is 1. The lowest BCUT2D eigenvalue weighted by molar-refractivity contribution is -0.111. The first kappa shape index (κ1) is 30.1. The standard InChI is InChI=1S/C30H40N2O7Si/c1-20-17-32(29(35)31-27(20)34)28-26(38-21(2)18-36-6)25(33)24(39-28)19-37-40(30(3,4)5,22-13-9-7-10-14-22)23-15-11-8-12-16-23/h7-17,21,24-26,28,33H,18-19H2,1-6H3,(H,31,34,35)/t21?,24-,25?,26?,28-/m1/s1. The molecule has 1 aliphatic heterocycles. The van der Waals surface area contributed by atoms with E-state index in [2.05, 4.69) is 50.0 Å². The minimum atomic E-state index is -2.91. The van der Waals surface area contributed by atoms with Gasteiger partial charge in [0.15, 0.2) is 6.23 Å². The SMILES string of the molecule is COCC(C)OC1C(O)[C@@H](CO[Si](c2ccccc2)(c2ccccc2)C(C)(C)C)O[C@H]1n1cc(C)c(=O)[nH]c1=O. The molecule has 0 spiro atoms. The summed E-state index contributed by atoms with van der Waals surface area (Å²) in [5.74, 6) is 0. The van der Waals surface area contributed by atoms with Crippen molar-refractivity contribution >= 4 is 18.7 Å². The molecule has 40 heavy (non-hydrogen) atoms. The summed E-state index contributed by atoms with van der Waals surface area (Å²) in [4.78, 5) is 27.2. The van der Waals surface area contributed by atoms with Crippen LogP contribution in [0, 0.1) is 6.92 Å². The Morgan fingerprint density at radius 2 is 1.62 bits per heavy atom. The van der Waals surface area contributed by atoms with Crippen molar-refractivity contribution in [3.05, 3.63) is 93.3 Å². The van der Waals surface area contributed by atoms with Crippen LogP contribution in [0.15, 0.2) is 76.4 Å². The van der Waals surface area contributed by atoms with E-state index >= 15 is 0 Å². The molecule has 0 amide bonds. The van der Waals surface area contributed by atoms with Crippen LogP contribution in [0.3, 0.4) is 0 Å². The van der Waals surface area contributed by atoms with Gasteiger partial charge >= 0.3 is 5.69 Å². The van der Waals surface area contributed by atoms with Gasteiger partial charge in [-0.05, 0) is 29.3 Å². The molecule has 9 nitrogen and oxygen atoms in total. The molecule has 10 heteroatoms.